The highest BCUT2D eigenvalue weighted by atomic mass is 79.9. The van der Waals surface area contributed by atoms with Gasteiger partial charge in [-0.3, -0.25) is 4.79 Å². The number of aromatic nitrogens is 2. The number of imidazole rings is 1. The van der Waals surface area contributed by atoms with E-state index in [2.05, 4.69) is 27.4 Å². The van der Waals surface area contributed by atoms with Gasteiger partial charge in [0.15, 0.2) is 0 Å². The van der Waals surface area contributed by atoms with Crippen LogP contribution in [0, 0.1) is 11.6 Å². The number of hydrogen-bond acceptors (Lipinski definition) is 2. The van der Waals surface area contributed by atoms with Crippen molar-refractivity contribution in [3.63, 3.8) is 0 Å². The zero-order chi connectivity index (χ0) is 22.0. The number of unbranched alkanes of at least 4 members (excludes halogenated alkanes) is 1. The Balaban J connectivity index is 1.71. The minimum atomic E-state index is -0.401. The van der Waals surface area contributed by atoms with Crippen LogP contribution in [0.3, 0.4) is 0 Å². The second-order valence-corrected chi connectivity index (χ2v) is 9.03. The van der Waals surface area contributed by atoms with Gasteiger partial charge in [-0.25, -0.2) is 13.8 Å². The molecule has 1 saturated carbocycles. The predicted molar refractivity (Wildman–Crippen MR) is 121 cm³/mol. The molecule has 2 aromatic carbocycles. The average molecular weight is 490 g/mol. The van der Waals surface area contributed by atoms with Crippen LogP contribution >= 0.6 is 15.9 Å². The summed E-state index contributed by atoms with van der Waals surface area (Å²) in [5, 5.41) is 0. The van der Waals surface area contributed by atoms with Gasteiger partial charge in [-0.15, -0.1) is 0 Å². The van der Waals surface area contributed by atoms with Gasteiger partial charge < -0.3 is 9.47 Å². The number of carbonyl (C=O) groups excluding carboxylic acids is 1. The normalized spacial score (nSPS) is 14.5. The van der Waals surface area contributed by atoms with Gasteiger partial charge in [-0.2, -0.15) is 0 Å². The second-order valence-electron chi connectivity index (χ2n) is 8.18. The van der Waals surface area contributed by atoms with Gasteiger partial charge in [0.05, 0.1) is 22.1 Å². The van der Waals surface area contributed by atoms with E-state index in [9.17, 15) is 13.6 Å². The summed E-state index contributed by atoms with van der Waals surface area (Å²) in [4.78, 5) is 19.8. The standard InChI is InChI=1S/C24H26BrF2N3O/c1-2-3-12-29(24(31)16-8-10-20(27)19(25)13-16)15-23-28-21-14-17(26)9-11-22(21)30(23)18-6-4-5-7-18/h8-11,13-14,18H,2-7,12,15H2,1H3. The molecule has 0 aliphatic heterocycles. The third kappa shape index (κ3) is 4.66. The fourth-order valence-electron chi connectivity index (χ4n) is 4.39. The van der Waals surface area contributed by atoms with Crippen LogP contribution < -0.4 is 0 Å². The fraction of sp³-hybridized carbons (Fsp3) is 0.417. The van der Waals surface area contributed by atoms with Crippen LogP contribution in [0.5, 0.6) is 0 Å². The van der Waals surface area contributed by atoms with Crippen LogP contribution in [0.15, 0.2) is 40.9 Å². The Labute approximate surface area is 189 Å². The van der Waals surface area contributed by atoms with Gasteiger partial charge in [-0.05, 0) is 65.5 Å². The zero-order valence-electron chi connectivity index (χ0n) is 17.6. The lowest BCUT2D eigenvalue weighted by atomic mass is 10.1. The zero-order valence-corrected chi connectivity index (χ0v) is 19.2. The molecule has 1 amide bonds. The molecule has 0 saturated heterocycles. The number of hydrogen-bond donors (Lipinski definition) is 0. The van der Waals surface area contributed by atoms with Crippen molar-refractivity contribution in [2.75, 3.05) is 6.54 Å². The minimum Gasteiger partial charge on any atom is -0.331 e. The topological polar surface area (TPSA) is 38.1 Å². The van der Waals surface area contributed by atoms with Gasteiger partial charge >= 0.3 is 0 Å². The first-order valence-electron chi connectivity index (χ1n) is 10.9. The number of carbonyl (C=O) groups is 1. The van der Waals surface area contributed by atoms with Crippen molar-refractivity contribution in [2.45, 2.75) is 58.0 Å². The highest BCUT2D eigenvalue weighted by Gasteiger charge is 2.25. The van der Waals surface area contributed by atoms with Crippen molar-refractivity contribution in [3.05, 3.63) is 63.9 Å². The lowest BCUT2D eigenvalue weighted by Crippen LogP contribution is -2.33. The van der Waals surface area contributed by atoms with E-state index in [4.69, 9.17) is 4.98 Å². The number of fused-ring (bicyclic) bond motifs is 1. The molecule has 0 N–H and O–H groups in total. The average Bonchev–Trinajstić information content (AvgIpc) is 3.39. The third-order valence-corrected chi connectivity index (χ3v) is 6.59. The Kier molecular flexibility index (Phi) is 6.70. The van der Waals surface area contributed by atoms with Crippen molar-refractivity contribution in [1.82, 2.24) is 14.5 Å². The SMILES string of the molecule is CCCCN(Cc1nc2cc(F)ccc2n1C1CCCC1)C(=O)c1ccc(F)c(Br)c1. The van der Waals surface area contributed by atoms with Crippen LogP contribution in [-0.2, 0) is 6.54 Å². The molecule has 4 nitrogen and oxygen atoms in total. The summed E-state index contributed by atoms with van der Waals surface area (Å²) in [6.45, 7) is 2.99. The van der Waals surface area contributed by atoms with Crippen molar-refractivity contribution in [2.24, 2.45) is 0 Å². The van der Waals surface area contributed by atoms with Crippen LogP contribution in [0.4, 0.5) is 8.78 Å². The van der Waals surface area contributed by atoms with E-state index in [1.54, 1.807) is 11.0 Å². The molecule has 0 atom stereocenters. The molecular formula is C24H26BrF2N3O. The van der Waals surface area contributed by atoms with Crippen LogP contribution in [0.25, 0.3) is 11.0 Å². The summed E-state index contributed by atoms with van der Waals surface area (Å²) >= 11 is 3.17. The minimum absolute atomic E-state index is 0.162. The van der Waals surface area contributed by atoms with Crippen molar-refractivity contribution in [1.29, 1.82) is 0 Å². The molecule has 0 unspecified atom stereocenters. The largest absolute Gasteiger partial charge is 0.331 e. The molecule has 1 fully saturated rings. The summed E-state index contributed by atoms with van der Waals surface area (Å²) in [6, 6.07) is 9.35. The maximum absolute atomic E-state index is 13.9. The molecule has 1 aromatic heterocycles. The molecule has 0 radical (unpaired) electrons. The highest BCUT2D eigenvalue weighted by molar-refractivity contribution is 9.10. The molecule has 7 heteroatoms. The van der Waals surface area contributed by atoms with Crippen molar-refractivity contribution < 1.29 is 13.6 Å². The third-order valence-electron chi connectivity index (χ3n) is 5.98. The van der Waals surface area contributed by atoms with Crippen LogP contribution in [-0.4, -0.2) is 26.9 Å². The van der Waals surface area contributed by atoms with Gasteiger partial charge in [0.2, 0.25) is 0 Å². The quantitative estimate of drug-likeness (QED) is 0.373. The first-order valence-corrected chi connectivity index (χ1v) is 11.7. The van der Waals surface area contributed by atoms with E-state index in [1.165, 1.54) is 30.3 Å². The summed E-state index contributed by atoms with van der Waals surface area (Å²) < 4.78 is 30.0. The Bertz CT molecular complexity index is 1090. The molecule has 3 aromatic rings. The van der Waals surface area contributed by atoms with Crippen LogP contribution in [0.1, 0.15) is 67.7 Å². The van der Waals surface area contributed by atoms with Crippen LogP contribution in [0.2, 0.25) is 0 Å². The molecule has 31 heavy (non-hydrogen) atoms. The number of rotatable bonds is 7. The maximum Gasteiger partial charge on any atom is 0.254 e. The Morgan fingerprint density at radius 3 is 2.68 bits per heavy atom. The first kappa shape index (κ1) is 21.9. The maximum atomic E-state index is 13.9. The monoisotopic (exact) mass is 489 g/mol. The summed E-state index contributed by atoms with van der Waals surface area (Å²) in [7, 11) is 0. The molecule has 1 heterocycles. The van der Waals surface area contributed by atoms with Crippen molar-refractivity contribution in [3.8, 4) is 0 Å². The highest BCUT2D eigenvalue weighted by Crippen LogP contribution is 2.34. The molecule has 0 bridgehead atoms. The molecule has 4 rings (SSSR count). The molecule has 164 valence electrons. The fourth-order valence-corrected chi connectivity index (χ4v) is 4.77. The molecular weight excluding hydrogens is 464 g/mol. The van der Waals surface area contributed by atoms with Gasteiger partial charge in [0, 0.05) is 24.2 Å². The molecule has 1 aliphatic rings. The second kappa shape index (κ2) is 9.47. The lowest BCUT2D eigenvalue weighted by Gasteiger charge is -2.24. The van der Waals surface area contributed by atoms with E-state index in [1.807, 2.05) is 0 Å². The van der Waals surface area contributed by atoms with E-state index < -0.39 is 5.82 Å². The summed E-state index contributed by atoms with van der Waals surface area (Å²) in [5.41, 5.74) is 1.96. The Morgan fingerprint density at radius 2 is 1.97 bits per heavy atom. The Morgan fingerprint density at radius 1 is 1.19 bits per heavy atom. The van der Waals surface area contributed by atoms with E-state index in [0.29, 0.717) is 30.2 Å². The predicted octanol–water partition coefficient (Wildman–Crippen LogP) is 6.63. The first-order chi connectivity index (χ1) is 15.0. The number of nitrogens with zero attached hydrogens (tertiary/aromatic N) is 3. The molecule has 1 aliphatic carbocycles. The summed E-state index contributed by atoms with van der Waals surface area (Å²) in [5.74, 6) is -0.101. The Hall–Kier alpha value is -2.28. The van der Waals surface area contributed by atoms with Gasteiger partial charge in [0.1, 0.15) is 17.5 Å². The van der Waals surface area contributed by atoms with Gasteiger partial charge in [-0.1, -0.05) is 26.2 Å². The number of halogens is 3. The number of benzene rings is 2. The van der Waals surface area contributed by atoms with Gasteiger partial charge in [0.25, 0.3) is 5.91 Å². The van der Waals surface area contributed by atoms with E-state index >= 15 is 0 Å². The summed E-state index contributed by atoms with van der Waals surface area (Å²) in [6.07, 6.45) is 6.24. The number of amides is 1. The smallest absolute Gasteiger partial charge is 0.254 e. The van der Waals surface area contributed by atoms with E-state index in [0.717, 1.165) is 49.9 Å². The molecule has 0 spiro atoms. The lowest BCUT2D eigenvalue weighted by molar-refractivity contribution is 0.0734. The van der Waals surface area contributed by atoms with E-state index in [-0.39, 0.29) is 16.2 Å². The van der Waals surface area contributed by atoms with Crippen molar-refractivity contribution >= 4 is 32.9 Å².